The third kappa shape index (κ3) is 2.53. The van der Waals surface area contributed by atoms with Gasteiger partial charge in [-0.25, -0.2) is 4.98 Å². The fourth-order valence-electron chi connectivity index (χ4n) is 2.22. The lowest BCUT2D eigenvalue weighted by Gasteiger charge is -2.22. The van der Waals surface area contributed by atoms with Gasteiger partial charge < -0.3 is 10.1 Å². The highest BCUT2D eigenvalue weighted by Crippen LogP contribution is 2.30. The fourth-order valence-corrected chi connectivity index (χ4v) is 3.41. The second kappa shape index (κ2) is 4.79. The molecular weight excluding hydrogens is 312 g/mol. The van der Waals surface area contributed by atoms with Gasteiger partial charge in [0.25, 0.3) is 0 Å². The van der Waals surface area contributed by atoms with Crippen molar-refractivity contribution < 1.29 is 4.74 Å². The van der Waals surface area contributed by atoms with E-state index < -0.39 is 0 Å². The number of nitrogens with one attached hydrogen (secondary N) is 1. The molecule has 1 aliphatic heterocycles. The Balaban J connectivity index is 1.74. The van der Waals surface area contributed by atoms with Crippen molar-refractivity contribution in [3.63, 3.8) is 0 Å². The topological polar surface area (TPSA) is 34.2 Å². The Morgan fingerprint density at radius 1 is 1.56 bits per heavy atom. The van der Waals surface area contributed by atoms with E-state index in [2.05, 4.69) is 39.2 Å². The molecule has 2 aromatic rings. The molecule has 1 atom stereocenters. The summed E-state index contributed by atoms with van der Waals surface area (Å²) in [5.74, 6) is 0. The largest absolute Gasteiger partial charge is 0.373 e. The van der Waals surface area contributed by atoms with E-state index in [1.165, 1.54) is 4.70 Å². The molecule has 3 nitrogen and oxygen atoms in total. The highest BCUT2D eigenvalue weighted by molar-refractivity contribution is 9.10. The van der Waals surface area contributed by atoms with Crippen molar-refractivity contribution in [1.82, 2.24) is 4.98 Å². The number of hydrogen-bond acceptors (Lipinski definition) is 4. The minimum absolute atomic E-state index is 0.0293. The maximum absolute atomic E-state index is 5.76. The van der Waals surface area contributed by atoms with Gasteiger partial charge in [-0.3, -0.25) is 0 Å². The summed E-state index contributed by atoms with van der Waals surface area (Å²) in [6.45, 7) is 3.87. The molecule has 0 amide bonds. The van der Waals surface area contributed by atoms with E-state index >= 15 is 0 Å². The van der Waals surface area contributed by atoms with Crippen LogP contribution in [0.4, 0.5) is 5.13 Å². The van der Waals surface area contributed by atoms with Gasteiger partial charge in [-0.1, -0.05) is 27.3 Å². The third-order valence-electron chi connectivity index (χ3n) is 3.26. The molecule has 0 radical (unpaired) electrons. The molecule has 1 fully saturated rings. The first-order valence-electron chi connectivity index (χ1n) is 6.09. The van der Waals surface area contributed by atoms with Crippen molar-refractivity contribution in [3.05, 3.63) is 22.7 Å². The van der Waals surface area contributed by atoms with Gasteiger partial charge in [-0.05, 0) is 38.0 Å². The molecule has 0 bridgehead atoms. The predicted molar refractivity (Wildman–Crippen MR) is 79.4 cm³/mol. The Hall–Kier alpha value is -0.650. The first kappa shape index (κ1) is 12.4. The average molecular weight is 327 g/mol. The van der Waals surface area contributed by atoms with Gasteiger partial charge in [0.05, 0.1) is 15.8 Å². The maximum atomic E-state index is 5.76. The molecule has 1 aromatic heterocycles. The van der Waals surface area contributed by atoms with Crippen molar-refractivity contribution in [2.45, 2.75) is 25.4 Å². The van der Waals surface area contributed by atoms with Crippen molar-refractivity contribution in [2.24, 2.45) is 0 Å². The lowest BCUT2D eigenvalue weighted by Crippen LogP contribution is -2.32. The molecule has 1 aromatic carbocycles. The first-order chi connectivity index (χ1) is 8.65. The SMILES string of the molecule is CC1(CNc2nc3cc(Br)ccc3s2)CCCO1. The van der Waals surface area contributed by atoms with Crippen LogP contribution in [0, 0.1) is 0 Å². The lowest BCUT2D eigenvalue weighted by atomic mass is 10.0. The Morgan fingerprint density at radius 3 is 3.22 bits per heavy atom. The number of aromatic nitrogens is 1. The minimum Gasteiger partial charge on any atom is -0.373 e. The maximum Gasteiger partial charge on any atom is 0.183 e. The zero-order valence-corrected chi connectivity index (χ0v) is 12.6. The Kier molecular flexibility index (Phi) is 3.30. The number of rotatable bonds is 3. The van der Waals surface area contributed by atoms with E-state index in [-0.39, 0.29) is 5.60 Å². The highest BCUT2D eigenvalue weighted by Gasteiger charge is 2.29. The highest BCUT2D eigenvalue weighted by atomic mass is 79.9. The molecule has 1 N–H and O–H groups in total. The van der Waals surface area contributed by atoms with Crippen LogP contribution in [-0.4, -0.2) is 23.7 Å². The van der Waals surface area contributed by atoms with Crippen molar-refractivity contribution in [3.8, 4) is 0 Å². The zero-order chi connectivity index (χ0) is 12.6. The van der Waals surface area contributed by atoms with Gasteiger partial charge in [0.2, 0.25) is 0 Å². The van der Waals surface area contributed by atoms with Crippen LogP contribution < -0.4 is 5.32 Å². The molecule has 2 heterocycles. The van der Waals surface area contributed by atoms with E-state index in [0.717, 1.165) is 41.1 Å². The normalized spacial score (nSPS) is 23.7. The molecule has 96 valence electrons. The van der Waals surface area contributed by atoms with Crippen LogP contribution in [0.25, 0.3) is 10.2 Å². The number of benzene rings is 1. The van der Waals surface area contributed by atoms with Crippen LogP contribution in [0.15, 0.2) is 22.7 Å². The molecule has 0 saturated carbocycles. The number of nitrogens with zero attached hydrogens (tertiary/aromatic N) is 1. The molecule has 0 spiro atoms. The van der Waals surface area contributed by atoms with Gasteiger partial charge in [0.15, 0.2) is 5.13 Å². The fraction of sp³-hybridized carbons (Fsp3) is 0.462. The van der Waals surface area contributed by atoms with Gasteiger partial charge in [0, 0.05) is 17.6 Å². The zero-order valence-electron chi connectivity index (χ0n) is 10.2. The van der Waals surface area contributed by atoms with Crippen molar-refractivity contribution in [1.29, 1.82) is 0 Å². The molecule has 18 heavy (non-hydrogen) atoms. The second-order valence-corrected chi connectivity index (χ2v) is 6.83. The van der Waals surface area contributed by atoms with E-state index in [0.29, 0.717) is 0 Å². The van der Waals surface area contributed by atoms with E-state index in [1.54, 1.807) is 11.3 Å². The van der Waals surface area contributed by atoms with Gasteiger partial charge in [0.1, 0.15) is 0 Å². The molecule has 1 aliphatic rings. The van der Waals surface area contributed by atoms with Crippen LogP contribution in [-0.2, 0) is 4.74 Å². The molecule has 5 heteroatoms. The van der Waals surface area contributed by atoms with Crippen molar-refractivity contribution >= 4 is 42.6 Å². The van der Waals surface area contributed by atoms with Crippen LogP contribution in [0.3, 0.4) is 0 Å². The number of thiazole rings is 1. The number of fused-ring (bicyclic) bond motifs is 1. The summed E-state index contributed by atoms with van der Waals surface area (Å²) in [5.41, 5.74) is 1.01. The summed E-state index contributed by atoms with van der Waals surface area (Å²) in [6.07, 6.45) is 2.28. The monoisotopic (exact) mass is 326 g/mol. The van der Waals surface area contributed by atoms with Crippen LogP contribution in [0.2, 0.25) is 0 Å². The summed E-state index contributed by atoms with van der Waals surface area (Å²) in [4.78, 5) is 4.59. The van der Waals surface area contributed by atoms with Crippen LogP contribution in [0.5, 0.6) is 0 Å². The van der Waals surface area contributed by atoms with E-state index in [9.17, 15) is 0 Å². The van der Waals surface area contributed by atoms with Gasteiger partial charge >= 0.3 is 0 Å². The predicted octanol–water partition coefficient (Wildman–Crippen LogP) is 4.04. The number of hydrogen-bond donors (Lipinski definition) is 1. The van der Waals surface area contributed by atoms with E-state index in [1.807, 2.05) is 12.1 Å². The average Bonchev–Trinajstić information content (AvgIpc) is 2.93. The number of anilines is 1. The minimum atomic E-state index is -0.0293. The van der Waals surface area contributed by atoms with E-state index in [4.69, 9.17) is 4.74 Å². The van der Waals surface area contributed by atoms with Crippen LogP contribution >= 0.6 is 27.3 Å². The molecular formula is C13H15BrN2OS. The summed E-state index contributed by atoms with van der Waals surface area (Å²) in [5, 5.41) is 4.38. The first-order valence-corrected chi connectivity index (χ1v) is 7.70. The molecule has 3 rings (SSSR count). The lowest BCUT2D eigenvalue weighted by molar-refractivity contribution is 0.0315. The standard InChI is InChI=1S/C13H15BrN2OS/c1-13(5-2-6-17-13)8-15-12-16-10-7-9(14)3-4-11(10)18-12/h3-4,7H,2,5-6,8H2,1H3,(H,15,16). The van der Waals surface area contributed by atoms with Gasteiger partial charge in [-0.15, -0.1) is 0 Å². The second-order valence-electron chi connectivity index (χ2n) is 4.89. The summed E-state index contributed by atoms with van der Waals surface area (Å²) < 4.78 is 8.04. The third-order valence-corrected chi connectivity index (χ3v) is 4.75. The van der Waals surface area contributed by atoms with Crippen LogP contribution in [0.1, 0.15) is 19.8 Å². The Bertz CT molecular complexity index is 563. The summed E-state index contributed by atoms with van der Waals surface area (Å²) in [6, 6.07) is 6.19. The van der Waals surface area contributed by atoms with Crippen molar-refractivity contribution in [2.75, 3.05) is 18.5 Å². The molecule has 1 saturated heterocycles. The summed E-state index contributed by atoms with van der Waals surface area (Å²) in [7, 11) is 0. The Labute approximate surface area is 119 Å². The van der Waals surface area contributed by atoms with Gasteiger partial charge in [-0.2, -0.15) is 0 Å². The molecule has 1 unspecified atom stereocenters. The number of halogens is 1. The smallest absolute Gasteiger partial charge is 0.183 e. The number of ether oxygens (including phenoxy) is 1. The molecule has 0 aliphatic carbocycles. The summed E-state index contributed by atoms with van der Waals surface area (Å²) >= 11 is 5.16. The quantitative estimate of drug-likeness (QED) is 0.924. The Morgan fingerprint density at radius 2 is 2.44 bits per heavy atom.